The fourth-order valence-electron chi connectivity index (χ4n) is 3.71. The molecule has 2 aromatic carbocycles. The van der Waals surface area contributed by atoms with Crippen LogP contribution >= 0.6 is 0 Å². The van der Waals surface area contributed by atoms with Crippen molar-refractivity contribution in [2.24, 2.45) is 5.92 Å². The first-order valence-corrected chi connectivity index (χ1v) is 10.4. The van der Waals surface area contributed by atoms with E-state index in [2.05, 4.69) is 20.2 Å². The van der Waals surface area contributed by atoms with Crippen molar-refractivity contribution >= 4 is 11.7 Å². The molecule has 7 nitrogen and oxygen atoms in total. The molecular weight excluding hydrogens is 392 g/mol. The van der Waals surface area contributed by atoms with Gasteiger partial charge < -0.3 is 19.7 Å². The number of hydrogen-bond donors (Lipinski definition) is 1. The lowest BCUT2D eigenvalue weighted by atomic mass is 9.96. The number of nitrogens with one attached hydrogen (secondary N) is 1. The van der Waals surface area contributed by atoms with Crippen LogP contribution in [0.3, 0.4) is 0 Å². The minimum atomic E-state index is -0.00664. The summed E-state index contributed by atoms with van der Waals surface area (Å²) in [6.07, 6.45) is 3.06. The van der Waals surface area contributed by atoms with Crippen LogP contribution in [0.5, 0.6) is 17.4 Å². The summed E-state index contributed by atoms with van der Waals surface area (Å²) >= 11 is 0. The molecule has 0 radical (unpaired) electrons. The van der Waals surface area contributed by atoms with Gasteiger partial charge in [0.25, 0.3) is 0 Å². The van der Waals surface area contributed by atoms with Crippen LogP contribution in [0.1, 0.15) is 18.4 Å². The fraction of sp³-hybridized carbons (Fsp3) is 0.292. The van der Waals surface area contributed by atoms with Crippen molar-refractivity contribution in [2.75, 3.05) is 25.1 Å². The number of nitrogens with zero attached hydrogens (tertiary/aromatic N) is 3. The summed E-state index contributed by atoms with van der Waals surface area (Å²) in [5, 5.41) is 3.05. The molecule has 1 N–H and O–H groups in total. The highest BCUT2D eigenvalue weighted by Gasteiger charge is 2.26. The van der Waals surface area contributed by atoms with Gasteiger partial charge in [0.1, 0.15) is 23.6 Å². The van der Waals surface area contributed by atoms with Gasteiger partial charge in [-0.25, -0.2) is 9.97 Å². The second-order valence-corrected chi connectivity index (χ2v) is 7.42. The third-order valence-electron chi connectivity index (χ3n) is 5.43. The molecule has 1 fully saturated rings. The standard InChI is InChI=1S/C24H26N4O3/c1-30-21-10-6-5-7-19(21)16-25-24(29)18-11-13-28(14-12-18)22-15-23(27-17-26-22)31-20-8-3-2-4-9-20/h2-10,15,17-18H,11-14,16H2,1H3,(H,25,29). The summed E-state index contributed by atoms with van der Waals surface area (Å²) in [5.41, 5.74) is 0.975. The zero-order valence-corrected chi connectivity index (χ0v) is 17.5. The number of benzene rings is 2. The Morgan fingerprint density at radius 1 is 1.06 bits per heavy atom. The summed E-state index contributed by atoms with van der Waals surface area (Å²) < 4.78 is 11.2. The van der Waals surface area contributed by atoms with Gasteiger partial charge in [0.15, 0.2) is 0 Å². The van der Waals surface area contributed by atoms with Crippen LogP contribution in [-0.4, -0.2) is 36.1 Å². The molecule has 1 aliphatic heterocycles. The van der Waals surface area contributed by atoms with Gasteiger partial charge in [0.2, 0.25) is 11.8 Å². The normalized spacial score (nSPS) is 14.2. The molecule has 0 saturated carbocycles. The Morgan fingerprint density at radius 2 is 1.81 bits per heavy atom. The van der Waals surface area contributed by atoms with Crippen LogP contribution in [-0.2, 0) is 11.3 Å². The molecular formula is C24H26N4O3. The van der Waals surface area contributed by atoms with Crippen molar-refractivity contribution in [3.05, 3.63) is 72.6 Å². The van der Waals surface area contributed by atoms with E-state index in [1.54, 1.807) is 7.11 Å². The predicted octanol–water partition coefficient (Wildman–Crippen LogP) is 3.81. The van der Waals surface area contributed by atoms with E-state index in [4.69, 9.17) is 9.47 Å². The molecule has 0 unspecified atom stereocenters. The number of rotatable bonds is 7. The lowest BCUT2D eigenvalue weighted by Gasteiger charge is -2.32. The monoisotopic (exact) mass is 418 g/mol. The maximum Gasteiger partial charge on any atom is 0.224 e. The van der Waals surface area contributed by atoms with Crippen molar-refractivity contribution in [1.29, 1.82) is 0 Å². The molecule has 4 rings (SSSR count). The Bertz CT molecular complexity index is 1000. The summed E-state index contributed by atoms with van der Waals surface area (Å²) in [4.78, 5) is 23.4. The molecule has 0 aliphatic carbocycles. The highest BCUT2D eigenvalue weighted by molar-refractivity contribution is 5.79. The van der Waals surface area contributed by atoms with E-state index in [-0.39, 0.29) is 11.8 Å². The molecule has 1 amide bonds. The molecule has 2 heterocycles. The first-order valence-electron chi connectivity index (χ1n) is 10.4. The smallest absolute Gasteiger partial charge is 0.224 e. The van der Waals surface area contributed by atoms with E-state index in [1.165, 1.54) is 6.33 Å². The van der Waals surface area contributed by atoms with Crippen molar-refractivity contribution < 1.29 is 14.3 Å². The molecule has 3 aromatic rings. The van der Waals surface area contributed by atoms with E-state index < -0.39 is 0 Å². The van der Waals surface area contributed by atoms with E-state index >= 15 is 0 Å². The highest BCUT2D eigenvalue weighted by atomic mass is 16.5. The van der Waals surface area contributed by atoms with Crippen molar-refractivity contribution in [2.45, 2.75) is 19.4 Å². The van der Waals surface area contributed by atoms with Gasteiger partial charge in [-0.1, -0.05) is 36.4 Å². The van der Waals surface area contributed by atoms with Crippen LogP contribution in [0.4, 0.5) is 5.82 Å². The van der Waals surface area contributed by atoms with Crippen LogP contribution in [0.2, 0.25) is 0 Å². The zero-order valence-electron chi connectivity index (χ0n) is 17.5. The van der Waals surface area contributed by atoms with E-state index in [1.807, 2.05) is 60.7 Å². The van der Waals surface area contributed by atoms with Crippen LogP contribution in [0.15, 0.2) is 67.0 Å². The number of aromatic nitrogens is 2. The number of carbonyl (C=O) groups is 1. The van der Waals surface area contributed by atoms with Crippen LogP contribution in [0, 0.1) is 5.92 Å². The number of piperidine rings is 1. The fourth-order valence-corrected chi connectivity index (χ4v) is 3.71. The molecule has 0 spiro atoms. The summed E-state index contributed by atoms with van der Waals surface area (Å²) in [7, 11) is 1.64. The molecule has 1 saturated heterocycles. The second-order valence-electron chi connectivity index (χ2n) is 7.42. The Hall–Kier alpha value is -3.61. The molecule has 0 bridgehead atoms. The average Bonchev–Trinajstić information content (AvgIpc) is 2.83. The number of ether oxygens (including phenoxy) is 2. The van der Waals surface area contributed by atoms with Crippen molar-refractivity contribution in [1.82, 2.24) is 15.3 Å². The minimum absolute atomic E-state index is 0.00664. The average molecular weight is 418 g/mol. The van der Waals surface area contributed by atoms with E-state index in [0.717, 1.165) is 48.8 Å². The number of amides is 1. The molecule has 160 valence electrons. The van der Waals surface area contributed by atoms with Crippen molar-refractivity contribution in [3.8, 4) is 17.4 Å². The number of hydrogen-bond acceptors (Lipinski definition) is 6. The van der Waals surface area contributed by atoms with Gasteiger partial charge in [-0.2, -0.15) is 0 Å². The van der Waals surface area contributed by atoms with Crippen LogP contribution < -0.4 is 19.7 Å². The first-order chi connectivity index (χ1) is 15.2. The summed E-state index contributed by atoms with van der Waals surface area (Å²) in [6, 6.07) is 19.1. The Labute approximate surface area is 182 Å². The van der Waals surface area contributed by atoms with Gasteiger partial charge >= 0.3 is 0 Å². The second kappa shape index (κ2) is 9.93. The van der Waals surface area contributed by atoms with Gasteiger partial charge in [-0.05, 0) is 31.0 Å². The minimum Gasteiger partial charge on any atom is -0.496 e. The molecule has 7 heteroatoms. The lowest BCUT2D eigenvalue weighted by molar-refractivity contribution is -0.125. The third kappa shape index (κ3) is 5.31. The molecule has 0 atom stereocenters. The quantitative estimate of drug-likeness (QED) is 0.629. The van der Waals surface area contributed by atoms with E-state index in [9.17, 15) is 4.79 Å². The topological polar surface area (TPSA) is 76.6 Å². The Morgan fingerprint density at radius 3 is 2.58 bits per heavy atom. The number of methoxy groups -OCH3 is 1. The Balaban J connectivity index is 1.30. The van der Waals surface area contributed by atoms with Gasteiger partial charge in [-0.15, -0.1) is 0 Å². The number of carbonyl (C=O) groups excluding carboxylic acids is 1. The zero-order chi connectivity index (χ0) is 21.5. The molecule has 1 aliphatic rings. The number of para-hydroxylation sites is 2. The van der Waals surface area contributed by atoms with Gasteiger partial charge in [0.05, 0.1) is 7.11 Å². The number of anilines is 1. The maximum absolute atomic E-state index is 12.7. The largest absolute Gasteiger partial charge is 0.496 e. The lowest BCUT2D eigenvalue weighted by Crippen LogP contribution is -2.40. The maximum atomic E-state index is 12.7. The summed E-state index contributed by atoms with van der Waals surface area (Å²) in [6.45, 7) is 1.98. The third-order valence-corrected chi connectivity index (χ3v) is 5.43. The van der Waals surface area contributed by atoms with Crippen LogP contribution in [0.25, 0.3) is 0 Å². The highest BCUT2D eigenvalue weighted by Crippen LogP contribution is 2.26. The predicted molar refractivity (Wildman–Crippen MR) is 118 cm³/mol. The molecule has 31 heavy (non-hydrogen) atoms. The van der Waals surface area contributed by atoms with Gasteiger partial charge in [-0.3, -0.25) is 4.79 Å². The van der Waals surface area contributed by atoms with Crippen molar-refractivity contribution in [3.63, 3.8) is 0 Å². The first kappa shape index (κ1) is 20.7. The SMILES string of the molecule is COc1ccccc1CNC(=O)C1CCN(c2cc(Oc3ccccc3)ncn2)CC1. The summed E-state index contributed by atoms with van der Waals surface area (Å²) in [5.74, 6) is 2.92. The molecule has 1 aromatic heterocycles. The van der Waals surface area contributed by atoms with Gasteiger partial charge in [0, 0.05) is 37.2 Å². The van der Waals surface area contributed by atoms with E-state index in [0.29, 0.717) is 12.4 Å². The Kier molecular flexibility index (Phi) is 6.62.